The Balaban J connectivity index is 1.79. The van der Waals surface area contributed by atoms with Crippen molar-refractivity contribution in [3.05, 3.63) is 89.6 Å². The van der Waals surface area contributed by atoms with Crippen molar-refractivity contribution in [2.45, 2.75) is 6.54 Å². The Morgan fingerprint density at radius 3 is 1.61 bits per heavy atom. The van der Waals surface area contributed by atoms with Crippen LogP contribution in [0.15, 0.2) is 78.9 Å². The summed E-state index contributed by atoms with van der Waals surface area (Å²) < 4.78 is 17.5. The van der Waals surface area contributed by atoms with Crippen LogP contribution >= 0.6 is 0 Å². The normalized spacial score (nSPS) is 10.7. The molecule has 1 heterocycles. The second-order valence-corrected chi connectivity index (χ2v) is 7.05. The smallest absolute Gasteiger partial charge is 0.252 e. The van der Waals surface area contributed by atoms with E-state index in [2.05, 4.69) is 0 Å². The first-order chi connectivity index (χ1) is 15.1. The van der Waals surface area contributed by atoms with E-state index < -0.39 is 0 Å². The summed E-state index contributed by atoms with van der Waals surface area (Å²) in [6, 6.07) is 24.8. The summed E-state index contributed by atoms with van der Waals surface area (Å²) in [6.07, 6.45) is 0. The van der Waals surface area contributed by atoms with Gasteiger partial charge in [0.15, 0.2) is 0 Å². The molecule has 6 nitrogen and oxygen atoms in total. The molecule has 158 valence electrons. The minimum atomic E-state index is 0.422. The lowest BCUT2D eigenvalue weighted by Crippen LogP contribution is -2.39. The molecule has 0 bridgehead atoms. The van der Waals surface area contributed by atoms with Crippen LogP contribution in [-0.4, -0.2) is 26.0 Å². The van der Waals surface area contributed by atoms with Gasteiger partial charge in [-0.3, -0.25) is 0 Å². The maximum Gasteiger partial charge on any atom is 0.252 e. The summed E-state index contributed by atoms with van der Waals surface area (Å²) in [5.41, 5.74) is 4.14. The maximum absolute atomic E-state index is 13.4. The predicted octanol–water partition coefficient (Wildman–Crippen LogP) is 4.53. The van der Waals surface area contributed by atoms with E-state index in [0.29, 0.717) is 12.2 Å². The first-order valence-corrected chi connectivity index (χ1v) is 9.88. The molecule has 0 unspecified atom stereocenters. The van der Waals surface area contributed by atoms with Gasteiger partial charge in [0.05, 0.1) is 26.9 Å². The molecule has 0 aliphatic carbocycles. The Labute approximate surface area is 181 Å². The molecule has 0 fully saturated rings. The Morgan fingerprint density at radius 2 is 1.13 bits per heavy atom. The van der Waals surface area contributed by atoms with Crippen LogP contribution in [0.1, 0.15) is 5.56 Å². The van der Waals surface area contributed by atoms with Crippen molar-refractivity contribution in [3.63, 3.8) is 0 Å². The molecule has 0 aliphatic rings. The zero-order valence-electron chi connectivity index (χ0n) is 17.7. The van der Waals surface area contributed by atoms with E-state index in [4.69, 9.17) is 14.2 Å². The molecule has 0 saturated carbocycles. The Bertz CT molecular complexity index is 1150. The third-order valence-corrected chi connectivity index (χ3v) is 5.24. The number of nitrogens with zero attached hydrogens (tertiary/aromatic N) is 2. The molecule has 0 amide bonds. The van der Waals surface area contributed by atoms with Gasteiger partial charge in [0, 0.05) is 11.6 Å². The molecular formula is C25H24N2O4. The van der Waals surface area contributed by atoms with Crippen LogP contribution in [-0.2, 0) is 6.54 Å². The summed E-state index contributed by atoms with van der Waals surface area (Å²) in [5.74, 6) is 2.29. The van der Waals surface area contributed by atoms with Gasteiger partial charge in [-0.25, -0.2) is 0 Å². The van der Waals surface area contributed by atoms with Gasteiger partial charge in [-0.05, 0) is 66.2 Å². The summed E-state index contributed by atoms with van der Waals surface area (Å²) in [4.78, 5) is 0.950. The van der Waals surface area contributed by atoms with Crippen LogP contribution in [0.4, 0.5) is 0 Å². The second-order valence-electron chi connectivity index (χ2n) is 7.05. The molecule has 0 atom stereocenters. The molecule has 4 rings (SSSR count). The molecule has 0 spiro atoms. The Morgan fingerprint density at radius 1 is 0.677 bits per heavy atom. The van der Waals surface area contributed by atoms with E-state index in [1.807, 2.05) is 78.9 Å². The third kappa shape index (κ3) is 4.19. The molecule has 3 aromatic carbocycles. The van der Waals surface area contributed by atoms with E-state index in [1.54, 1.807) is 26.0 Å². The van der Waals surface area contributed by atoms with Crippen LogP contribution in [0.3, 0.4) is 0 Å². The molecular weight excluding hydrogens is 392 g/mol. The molecule has 0 aliphatic heterocycles. The van der Waals surface area contributed by atoms with Gasteiger partial charge >= 0.3 is 0 Å². The van der Waals surface area contributed by atoms with E-state index in [0.717, 1.165) is 44.5 Å². The van der Waals surface area contributed by atoms with E-state index >= 15 is 0 Å². The number of methoxy groups -OCH3 is 3. The van der Waals surface area contributed by atoms with Gasteiger partial charge in [0.25, 0.3) is 5.69 Å². The molecule has 0 N–H and O–H groups in total. The largest absolute Gasteiger partial charge is 0.595 e. The second kappa shape index (κ2) is 8.83. The predicted molar refractivity (Wildman–Crippen MR) is 119 cm³/mol. The summed E-state index contributed by atoms with van der Waals surface area (Å²) in [7, 11) is 4.89. The molecule has 6 heteroatoms. The van der Waals surface area contributed by atoms with Crippen LogP contribution in [0.2, 0.25) is 0 Å². The summed E-state index contributed by atoms with van der Waals surface area (Å²) in [6.45, 7) is 0.422. The van der Waals surface area contributed by atoms with E-state index in [9.17, 15) is 5.21 Å². The van der Waals surface area contributed by atoms with Crippen molar-refractivity contribution in [2.75, 3.05) is 21.3 Å². The fourth-order valence-electron chi connectivity index (χ4n) is 3.49. The van der Waals surface area contributed by atoms with Crippen molar-refractivity contribution >= 4 is 0 Å². The highest BCUT2D eigenvalue weighted by Gasteiger charge is 2.22. The SMILES string of the molecule is COc1ccc(Cn2c(-c3ccc(OC)cc3)cc(-c3ccc(OC)cc3)[n+]2[O-])cc1. The van der Waals surface area contributed by atoms with Crippen molar-refractivity contribution in [1.82, 2.24) is 4.68 Å². The lowest BCUT2D eigenvalue weighted by molar-refractivity contribution is -0.682. The Kier molecular flexibility index (Phi) is 5.80. The highest BCUT2D eigenvalue weighted by molar-refractivity contribution is 5.67. The number of hydrogen-bond donors (Lipinski definition) is 0. The van der Waals surface area contributed by atoms with Crippen LogP contribution in [0, 0.1) is 5.21 Å². The van der Waals surface area contributed by atoms with Crippen LogP contribution in [0.25, 0.3) is 22.5 Å². The Hall–Kier alpha value is -3.93. The van der Waals surface area contributed by atoms with Gasteiger partial charge in [0.1, 0.15) is 29.5 Å². The first kappa shape index (κ1) is 20.3. The summed E-state index contributed by atoms with van der Waals surface area (Å²) in [5, 5.41) is 13.4. The molecule has 31 heavy (non-hydrogen) atoms. The molecule has 1 aromatic heterocycles. The average Bonchev–Trinajstić information content (AvgIpc) is 3.15. The van der Waals surface area contributed by atoms with Crippen molar-refractivity contribution < 1.29 is 19.1 Å². The van der Waals surface area contributed by atoms with Crippen molar-refractivity contribution in [2.24, 2.45) is 0 Å². The van der Waals surface area contributed by atoms with Gasteiger partial charge in [-0.15, -0.1) is 4.68 Å². The van der Waals surface area contributed by atoms with E-state index in [-0.39, 0.29) is 0 Å². The topological polar surface area (TPSA) is 59.6 Å². The van der Waals surface area contributed by atoms with Gasteiger partial charge in [-0.2, -0.15) is 0 Å². The monoisotopic (exact) mass is 416 g/mol. The van der Waals surface area contributed by atoms with Crippen LogP contribution in [0.5, 0.6) is 17.2 Å². The average molecular weight is 416 g/mol. The fourth-order valence-corrected chi connectivity index (χ4v) is 3.49. The minimum absolute atomic E-state index is 0.422. The van der Waals surface area contributed by atoms with Gasteiger partial charge in [-0.1, -0.05) is 17.0 Å². The lowest BCUT2D eigenvalue weighted by Gasteiger charge is -2.10. The highest BCUT2D eigenvalue weighted by atomic mass is 16.5. The van der Waals surface area contributed by atoms with Crippen molar-refractivity contribution in [3.8, 4) is 39.8 Å². The first-order valence-electron chi connectivity index (χ1n) is 9.88. The lowest BCUT2D eigenvalue weighted by atomic mass is 10.1. The molecule has 0 radical (unpaired) electrons. The van der Waals surface area contributed by atoms with Crippen molar-refractivity contribution in [1.29, 1.82) is 0 Å². The van der Waals surface area contributed by atoms with Gasteiger partial charge < -0.3 is 19.4 Å². The fraction of sp³-hybridized carbons (Fsp3) is 0.160. The summed E-state index contributed by atoms with van der Waals surface area (Å²) >= 11 is 0. The highest BCUT2D eigenvalue weighted by Crippen LogP contribution is 2.28. The number of benzene rings is 3. The third-order valence-electron chi connectivity index (χ3n) is 5.24. The zero-order chi connectivity index (χ0) is 21.8. The minimum Gasteiger partial charge on any atom is -0.595 e. The number of ether oxygens (including phenoxy) is 3. The van der Waals surface area contributed by atoms with E-state index in [1.165, 1.54) is 0 Å². The quantitative estimate of drug-likeness (QED) is 0.328. The zero-order valence-corrected chi connectivity index (χ0v) is 17.7. The number of rotatable bonds is 7. The molecule has 0 saturated heterocycles. The van der Waals surface area contributed by atoms with Gasteiger partial charge in [0.2, 0.25) is 0 Å². The standard InChI is InChI=1S/C25H24N2O4/c1-29-21-10-4-18(5-11-21)17-26-24(19-6-12-22(30-2)13-7-19)16-25(27(26)28)20-8-14-23(31-3)15-9-20/h4-16H,17H2,1-3H3. The number of aromatic nitrogens is 2. The number of hydrogen-bond acceptors (Lipinski definition) is 4. The maximum atomic E-state index is 13.4. The van der Waals surface area contributed by atoms with Crippen LogP contribution < -0.4 is 19.1 Å². The molecule has 4 aromatic rings.